The van der Waals surface area contributed by atoms with Gasteiger partial charge >= 0.3 is 0 Å². The maximum Gasteiger partial charge on any atom is 0.235 e. The van der Waals surface area contributed by atoms with Crippen molar-refractivity contribution in [1.29, 1.82) is 0 Å². The second kappa shape index (κ2) is 4.90. The predicted octanol–water partition coefficient (Wildman–Crippen LogP) is 3.05. The lowest BCUT2D eigenvalue weighted by molar-refractivity contribution is 0.395. The fraction of sp³-hybridized carbons (Fsp3) is 0.462. The van der Waals surface area contributed by atoms with E-state index >= 15 is 0 Å². The molecule has 0 spiro atoms. The van der Waals surface area contributed by atoms with Gasteiger partial charge in [0.05, 0.1) is 6.04 Å². The lowest BCUT2D eigenvalue weighted by atomic mass is 9.82. The fourth-order valence-corrected chi connectivity index (χ4v) is 2.34. The van der Waals surface area contributed by atoms with Crippen LogP contribution >= 0.6 is 0 Å². The van der Waals surface area contributed by atoms with E-state index < -0.39 is 0 Å². The van der Waals surface area contributed by atoms with Gasteiger partial charge in [-0.3, -0.25) is 0 Å². The highest BCUT2D eigenvalue weighted by Gasteiger charge is 2.21. The second-order valence-corrected chi connectivity index (χ2v) is 4.14. The lowest BCUT2D eigenvalue weighted by Crippen LogP contribution is -2.15. The molecule has 0 saturated heterocycles. The summed E-state index contributed by atoms with van der Waals surface area (Å²) in [7, 11) is 0. The van der Waals surface area contributed by atoms with E-state index in [0.717, 1.165) is 25.7 Å². The standard InChI is InChI=1S/C13H15NO/c15-10-14-13-8-6-12(7-9-13)11-4-2-1-3-5-11/h1-5,12-13H,6-9H2. The van der Waals surface area contributed by atoms with Crippen molar-refractivity contribution in [3.8, 4) is 0 Å². The summed E-state index contributed by atoms with van der Waals surface area (Å²) in [6.07, 6.45) is 5.99. The Morgan fingerprint density at radius 1 is 1.07 bits per heavy atom. The molecule has 0 atom stereocenters. The molecule has 1 aromatic carbocycles. The van der Waals surface area contributed by atoms with E-state index in [4.69, 9.17) is 0 Å². The Hall–Kier alpha value is -1.40. The Kier molecular flexibility index (Phi) is 3.31. The molecule has 2 heteroatoms. The molecule has 15 heavy (non-hydrogen) atoms. The molecule has 1 aliphatic rings. The number of isocyanates is 1. The van der Waals surface area contributed by atoms with Crippen LogP contribution in [-0.2, 0) is 4.79 Å². The largest absolute Gasteiger partial charge is 0.235 e. The Morgan fingerprint density at radius 2 is 1.73 bits per heavy atom. The van der Waals surface area contributed by atoms with Crippen LogP contribution in [0.1, 0.15) is 37.2 Å². The summed E-state index contributed by atoms with van der Waals surface area (Å²) in [4.78, 5) is 13.9. The van der Waals surface area contributed by atoms with Crippen LogP contribution in [0, 0.1) is 0 Å². The van der Waals surface area contributed by atoms with Crippen molar-refractivity contribution < 1.29 is 4.79 Å². The van der Waals surface area contributed by atoms with E-state index in [2.05, 4.69) is 29.3 Å². The molecule has 0 unspecified atom stereocenters. The zero-order valence-corrected chi connectivity index (χ0v) is 8.73. The first-order chi connectivity index (χ1) is 7.40. The normalized spacial score (nSPS) is 25.6. The van der Waals surface area contributed by atoms with Crippen LogP contribution in [0.3, 0.4) is 0 Å². The van der Waals surface area contributed by atoms with Crippen molar-refractivity contribution in [1.82, 2.24) is 0 Å². The molecule has 1 aliphatic carbocycles. The van der Waals surface area contributed by atoms with Crippen molar-refractivity contribution in [3.63, 3.8) is 0 Å². The smallest absolute Gasteiger partial charge is 0.211 e. The molecule has 0 N–H and O–H groups in total. The van der Waals surface area contributed by atoms with Crippen molar-refractivity contribution in [2.75, 3.05) is 0 Å². The third-order valence-corrected chi connectivity index (χ3v) is 3.20. The van der Waals surface area contributed by atoms with E-state index in [9.17, 15) is 4.79 Å². The van der Waals surface area contributed by atoms with Gasteiger partial charge in [0.25, 0.3) is 0 Å². The van der Waals surface area contributed by atoms with E-state index in [-0.39, 0.29) is 6.04 Å². The minimum absolute atomic E-state index is 0.225. The third kappa shape index (κ3) is 2.54. The van der Waals surface area contributed by atoms with Crippen LogP contribution in [-0.4, -0.2) is 12.1 Å². The second-order valence-electron chi connectivity index (χ2n) is 4.14. The Labute approximate surface area is 90.0 Å². The molecule has 0 aliphatic heterocycles. The van der Waals surface area contributed by atoms with Crippen LogP contribution < -0.4 is 0 Å². The van der Waals surface area contributed by atoms with Crippen LogP contribution in [0.15, 0.2) is 35.3 Å². The highest BCUT2D eigenvalue weighted by Crippen LogP contribution is 2.33. The molecule has 2 nitrogen and oxygen atoms in total. The fourth-order valence-electron chi connectivity index (χ4n) is 2.34. The van der Waals surface area contributed by atoms with Gasteiger partial charge < -0.3 is 0 Å². The summed E-state index contributed by atoms with van der Waals surface area (Å²) >= 11 is 0. The first-order valence-corrected chi connectivity index (χ1v) is 5.52. The van der Waals surface area contributed by atoms with Crippen LogP contribution in [0.2, 0.25) is 0 Å². The molecule has 1 saturated carbocycles. The van der Waals surface area contributed by atoms with Crippen molar-refractivity contribution in [2.24, 2.45) is 4.99 Å². The van der Waals surface area contributed by atoms with Crippen molar-refractivity contribution >= 4 is 6.08 Å². The first-order valence-electron chi connectivity index (χ1n) is 5.52. The monoisotopic (exact) mass is 201 g/mol. The zero-order chi connectivity index (χ0) is 10.5. The predicted molar refractivity (Wildman–Crippen MR) is 59.6 cm³/mol. The maximum atomic E-state index is 10.1. The Bertz CT molecular complexity index is 346. The van der Waals surface area contributed by atoms with Gasteiger partial charge in [-0.2, -0.15) is 0 Å². The molecule has 0 heterocycles. The van der Waals surface area contributed by atoms with Crippen molar-refractivity contribution in [2.45, 2.75) is 37.6 Å². The van der Waals surface area contributed by atoms with Crippen LogP contribution in [0.25, 0.3) is 0 Å². The number of aliphatic imine (C=N–C) groups is 1. The minimum Gasteiger partial charge on any atom is -0.211 e. The van der Waals surface area contributed by atoms with Gasteiger partial charge in [-0.05, 0) is 37.2 Å². The van der Waals surface area contributed by atoms with Gasteiger partial charge in [0.1, 0.15) is 0 Å². The van der Waals surface area contributed by atoms with Gasteiger partial charge in [-0.1, -0.05) is 30.3 Å². The zero-order valence-electron chi connectivity index (χ0n) is 8.73. The number of carbonyl (C=O) groups excluding carboxylic acids is 1. The molecule has 1 fully saturated rings. The number of hydrogen-bond donors (Lipinski definition) is 0. The summed E-state index contributed by atoms with van der Waals surface area (Å²) in [6.45, 7) is 0. The highest BCUT2D eigenvalue weighted by molar-refractivity contribution is 5.33. The van der Waals surface area contributed by atoms with Crippen molar-refractivity contribution in [3.05, 3.63) is 35.9 Å². The number of hydrogen-bond acceptors (Lipinski definition) is 2. The summed E-state index contributed by atoms with van der Waals surface area (Å²) in [6, 6.07) is 10.8. The highest BCUT2D eigenvalue weighted by atomic mass is 16.1. The van der Waals surface area contributed by atoms with E-state index in [0.29, 0.717) is 5.92 Å². The maximum absolute atomic E-state index is 10.1. The SMILES string of the molecule is O=C=NC1CCC(c2ccccc2)CC1. The molecule has 0 amide bonds. The van der Waals surface area contributed by atoms with Crippen LogP contribution in [0.4, 0.5) is 0 Å². The third-order valence-electron chi connectivity index (χ3n) is 3.20. The minimum atomic E-state index is 0.225. The molecule has 0 aromatic heterocycles. The van der Waals surface area contributed by atoms with E-state index in [1.54, 1.807) is 6.08 Å². The Balaban J connectivity index is 1.97. The quantitative estimate of drug-likeness (QED) is 0.534. The number of rotatable bonds is 2. The van der Waals surface area contributed by atoms with Gasteiger partial charge in [-0.25, -0.2) is 9.79 Å². The average molecular weight is 201 g/mol. The van der Waals surface area contributed by atoms with Gasteiger partial charge in [0, 0.05) is 0 Å². The molecular formula is C13H15NO. The molecule has 0 bridgehead atoms. The van der Waals surface area contributed by atoms with Gasteiger partial charge in [0.15, 0.2) is 0 Å². The summed E-state index contributed by atoms with van der Waals surface area (Å²) < 4.78 is 0. The van der Waals surface area contributed by atoms with Gasteiger partial charge in [-0.15, -0.1) is 0 Å². The molecule has 1 aromatic rings. The number of nitrogens with zero attached hydrogens (tertiary/aromatic N) is 1. The summed E-state index contributed by atoms with van der Waals surface area (Å²) in [5, 5.41) is 0. The van der Waals surface area contributed by atoms with Gasteiger partial charge in [0.2, 0.25) is 6.08 Å². The molecule has 2 rings (SSSR count). The first kappa shape index (κ1) is 10.1. The average Bonchev–Trinajstić information content (AvgIpc) is 2.32. The topological polar surface area (TPSA) is 29.4 Å². The lowest BCUT2D eigenvalue weighted by Gasteiger charge is -2.25. The van der Waals surface area contributed by atoms with E-state index in [1.807, 2.05) is 6.07 Å². The van der Waals surface area contributed by atoms with E-state index in [1.165, 1.54) is 5.56 Å². The number of benzene rings is 1. The van der Waals surface area contributed by atoms with Crippen LogP contribution in [0.5, 0.6) is 0 Å². The summed E-state index contributed by atoms with van der Waals surface area (Å²) in [5.74, 6) is 0.657. The molecule has 0 radical (unpaired) electrons. The molecular weight excluding hydrogens is 186 g/mol. The summed E-state index contributed by atoms with van der Waals surface area (Å²) in [5.41, 5.74) is 1.42. The Morgan fingerprint density at radius 3 is 2.33 bits per heavy atom. The molecule has 78 valence electrons.